The molecule has 0 saturated heterocycles. The van der Waals surface area contributed by atoms with E-state index in [2.05, 4.69) is 12.2 Å². The summed E-state index contributed by atoms with van der Waals surface area (Å²) >= 11 is 0. The average Bonchev–Trinajstić information content (AvgIpc) is 2.93. The molecule has 0 saturated carbocycles. The Morgan fingerprint density at radius 3 is 2.12 bits per heavy atom. The van der Waals surface area contributed by atoms with Crippen molar-refractivity contribution in [2.75, 3.05) is 0 Å². The molecule has 0 amide bonds. The van der Waals surface area contributed by atoms with Crippen molar-refractivity contribution in [2.45, 2.75) is 12.2 Å². The monoisotopic (exact) mass is 274 g/mol. The van der Waals surface area contributed by atoms with Gasteiger partial charge in [0.1, 0.15) is 0 Å². The number of allylic oxidation sites excluding steroid dienone is 8. The van der Waals surface area contributed by atoms with Gasteiger partial charge in [-0.1, -0.05) is 12.2 Å². The van der Waals surface area contributed by atoms with E-state index in [0.29, 0.717) is 11.9 Å². The van der Waals surface area contributed by atoms with E-state index in [1.165, 1.54) is 0 Å². The van der Waals surface area contributed by atoms with E-state index in [1.54, 1.807) is 30.4 Å². The van der Waals surface area contributed by atoms with Gasteiger partial charge < -0.3 is 20.1 Å². The topological polar surface area (TPSA) is 80.9 Å². The molecule has 0 aromatic carbocycles. The van der Waals surface area contributed by atoms with Crippen LogP contribution in [0.2, 0.25) is 5.82 Å². The third-order valence-corrected chi connectivity index (χ3v) is 2.10. The van der Waals surface area contributed by atoms with Gasteiger partial charge in [-0.3, -0.25) is 12.2 Å². The van der Waals surface area contributed by atoms with Crippen molar-refractivity contribution in [3.05, 3.63) is 48.0 Å². The summed E-state index contributed by atoms with van der Waals surface area (Å²) in [7, 11) is -2.55. The van der Waals surface area contributed by atoms with Crippen LogP contribution in [-0.2, 0) is 17.1 Å². The van der Waals surface area contributed by atoms with E-state index in [9.17, 15) is 0 Å². The van der Waals surface area contributed by atoms with Crippen molar-refractivity contribution in [1.82, 2.24) is 0 Å². The maximum atomic E-state index is 8.49. The second kappa shape index (κ2) is 8.53. The molecule has 1 unspecified atom stereocenters. The summed E-state index contributed by atoms with van der Waals surface area (Å²) in [5, 5.41) is 33.9. The summed E-state index contributed by atoms with van der Waals surface area (Å²) in [6.45, 7) is 0. The molecular weight excluding hydrogens is 262 g/mol. The Kier molecular flexibility index (Phi) is 8.25. The van der Waals surface area contributed by atoms with Crippen molar-refractivity contribution in [2.24, 2.45) is 0 Å². The second-order valence-corrected chi connectivity index (χ2v) is 3.35. The van der Waals surface area contributed by atoms with Crippen LogP contribution in [0, 0.1) is 12.2 Å². The van der Waals surface area contributed by atoms with E-state index in [4.69, 9.17) is 20.1 Å². The largest absolute Gasteiger partial charge is 2.00 e. The normalized spacial score (nSPS) is 19.3. The van der Waals surface area contributed by atoms with Crippen molar-refractivity contribution in [3.8, 4) is 0 Å². The predicted molar refractivity (Wildman–Crippen MR) is 61.6 cm³/mol. The molecule has 7 heteroatoms. The molecular formula is C10H12B2FeO4. The van der Waals surface area contributed by atoms with E-state index < -0.39 is 14.2 Å². The van der Waals surface area contributed by atoms with E-state index in [1.807, 2.05) is 0 Å². The van der Waals surface area contributed by atoms with E-state index in [0.717, 1.165) is 0 Å². The summed E-state index contributed by atoms with van der Waals surface area (Å²) in [5.41, 5.74) is 0.616. The fraction of sp³-hybridized carbons (Fsp3) is 0.200. The van der Waals surface area contributed by atoms with Gasteiger partial charge in [0, 0.05) is 0 Å². The molecule has 0 aromatic heterocycles. The summed E-state index contributed by atoms with van der Waals surface area (Å²) in [4.78, 5) is 0. The van der Waals surface area contributed by atoms with Gasteiger partial charge in [-0.2, -0.15) is 17.6 Å². The minimum atomic E-state index is -1.29. The van der Waals surface area contributed by atoms with Gasteiger partial charge in [0.05, 0.1) is 0 Å². The Morgan fingerprint density at radius 1 is 1.18 bits per heavy atom. The summed E-state index contributed by atoms with van der Waals surface area (Å²) in [6, 6.07) is 0. The van der Waals surface area contributed by atoms with Gasteiger partial charge in [0.15, 0.2) is 0 Å². The molecule has 0 spiro atoms. The van der Waals surface area contributed by atoms with Crippen molar-refractivity contribution >= 4 is 14.2 Å². The van der Waals surface area contributed by atoms with Gasteiger partial charge in [0.2, 0.25) is 0 Å². The first-order chi connectivity index (χ1) is 7.61. The molecule has 0 fully saturated rings. The Hall–Kier alpha value is -0.551. The van der Waals surface area contributed by atoms with Crippen LogP contribution >= 0.6 is 0 Å². The maximum absolute atomic E-state index is 8.49. The molecule has 1 atom stereocenters. The molecule has 0 radical (unpaired) electrons. The van der Waals surface area contributed by atoms with Crippen LogP contribution in [-0.4, -0.2) is 34.3 Å². The molecule has 0 aromatic rings. The smallest absolute Gasteiger partial charge is 0.438 e. The van der Waals surface area contributed by atoms with Crippen LogP contribution < -0.4 is 0 Å². The fourth-order valence-corrected chi connectivity index (χ4v) is 1.16. The Labute approximate surface area is 112 Å². The quantitative estimate of drug-likeness (QED) is 0.402. The zero-order valence-electron chi connectivity index (χ0n) is 8.97. The van der Waals surface area contributed by atoms with Crippen molar-refractivity contribution < 1.29 is 37.2 Å². The number of hydrogen-bond donors (Lipinski definition) is 4. The third kappa shape index (κ3) is 6.07. The third-order valence-electron chi connectivity index (χ3n) is 2.10. The molecule has 4 nitrogen and oxygen atoms in total. The van der Waals surface area contributed by atoms with E-state index in [-0.39, 0.29) is 22.9 Å². The molecule has 17 heavy (non-hydrogen) atoms. The fourth-order valence-electron chi connectivity index (χ4n) is 1.16. The summed E-state index contributed by atoms with van der Waals surface area (Å²) in [6.07, 6.45) is 14.4. The van der Waals surface area contributed by atoms with Gasteiger partial charge in [0.25, 0.3) is 0 Å². The van der Waals surface area contributed by atoms with Crippen LogP contribution in [0.25, 0.3) is 0 Å². The first kappa shape index (κ1) is 16.4. The minimum absolute atomic E-state index is 0. The molecule has 2 rings (SSSR count). The maximum Gasteiger partial charge on any atom is 2.00 e. The van der Waals surface area contributed by atoms with E-state index >= 15 is 0 Å². The molecule has 0 bridgehead atoms. The zero-order valence-corrected chi connectivity index (χ0v) is 10.1. The number of rotatable bonds is 2. The zero-order chi connectivity index (χ0) is 12.0. The van der Waals surface area contributed by atoms with Crippen LogP contribution in [0.15, 0.2) is 35.9 Å². The molecule has 2 aliphatic carbocycles. The molecule has 4 N–H and O–H groups in total. The van der Waals surface area contributed by atoms with Crippen LogP contribution in [0.5, 0.6) is 0 Å². The Morgan fingerprint density at radius 2 is 1.88 bits per heavy atom. The molecule has 90 valence electrons. The standard InChI is InChI=1S/2C5H6BO2.Fe/c2*7-6(8)5-3-1-2-4-5;/h1,4,7-8H,3H2;1,3-5,7-8H;/q2*-1;+2. The second-order valence-electron chi connectivity index (χ2n) is 3.35. The Bertz CT molecular complexity index is 325. The summed E-state index contributed by atoms with van der Waals surface area (Å²) < 4.78 is 0. The number of hydrogen-bond acceptors (Lipinski definition) is 4. The molecule has 0 aliphatic heterocycles. The van der Waals surface area contributed by atoms with Crippen LogP contribution in [0.3, 0.4) is 0 Å². The Balaban J connectivity index is 0.000000284. The van der Waals surface area contributed by atoms with Crippen molar-refractivity contribution in [1.29, 1.82) is 0 Å². The first-order valence-corrected chi connectivity index (χ1v) is 4.86. The first-order valence-electron chi connectivity index (χ1n) is 4.86. The van der Waals surface area contributed by atoms with Gasteiger partial charge in [-0.05, 0) is 0 Å². The minimum Gasteiger partial charge on any atom is -0.438 e. The molecule has 0 heterocycles. The SMILES string of the molecule is OB(O)C1=C[C-]=CC1.OB(O)C1C=[C-]C=C1.[Fe+2]. The van der Waals surface area contributed by atoms with Crippen LogP contribution in [0.4, 0.5) is 0 Å². The van der Waals surface area contributed by atoms with Crippen molar-refractivity contribution in [3.63, 3.8) is 0 Å². The van der Waals surface area contributed by atoms with Gasteiger partial charge in [-0.25, -0.2) is 18.2 Å². The predicted octanol–water partition coefficient (Wildman–Crippen LogP) is -0.556. The molecule has 2 aliphatic rings. The van der Waals surface area contributed by atoms with Gasteiger partial charge in [-0.15, -0.1) is 0 Å². The van der Waals surface area contributed by atoms with Gasteiger partial charge >= 0.3 is 31.3 Å². The van der Waals surface area contributed by atoms with Crippen LogP contribution in [0.1, 0.15) is 6.42 Å². The average molecular weight is 274 g/mol. The summed E-state index contributed by atoms with van der Waals surface area (Å²) in [5.74, 6) is -0.241.